The van der Waals surface area contributed by atoms with Gasteiger partial charge in [-0.25, -0.2) is 4.79 Å². The molecular formula is C17H30N4O5. The Morgan fingerprint density at radius 3 is 2.62 bits per heavy atom. The molecule has 0 bridgehead atoms. The van der Waals surface area contributed by atoms with Gasteiger partial charge in [0.25, 0.3) is 0 Å². The number of carboxylic acid groups (broad SMARTS) is 1. The topological polar surface area (TPSA) is 111 Å². The third kappa shape index (κ3) is 5.31. The zero-order valence-electron chi connectivity index (χ0n) is 15.6. The van der Waals surface area contributed by atoms with Crippen molar-refractivity contribution in [1.29, 1.82) is 0 Å². The molecule has 0 aromatic rings. The summed E-state index contributed by atoms with van der Waals surface area (Å²) in [5.41, 5.74) is -0.839. The van der Waals surface area contributed by atoms with E-state index in [-0.39, 0.29) is 24.6 Å². The lowest BCUT2D eigenvalue weighted by Gasteiger charge is -2.40. The lowest BCUT2D eigenvalue weighted by atomic mass is 9.95. The van der Waals surface area contributed by atoms with E-state index < -0.39 is 11.5 Å². The number of rotatable bonds is 7. The van der Waals surface area contributed by atoms with Crippen LogP contribution in [0.3, 0.4) is 0 Å². The summed E-state index contributed by atoms with van der Waals surface area (Å²) in [4.78, 5) is 39.4. The molecule has 0 aromatic heterocycles. The highest BCUT2D eigenvalue weighted by molar-refractivity contribution is 5.91. The molecule has 3 N–H and O–H groups in total. The van der Waals surface area contributed by atoms with E-state index in [1.807, 2.05) is 6.92 Å². The molecule has 0 radical (unpaired) electrons. The number of urea groups is 1. The van der Waals surface area contributed by atoms with E-state index in [4.69, 9.17) is 9.84 Å². The number of carbonyl (C=O) groups excluding carboxylic acids is 2. The van der Waals surface area contributed by atoms with E-state index in [0.717, 1.165) is 12.8 Å². The van der Waals surface area contributed by atoms with Gasteiger partial charge in [0.2, 0.25) is 5.91 Å². The van der Waals surface area contributed by atoms with Gasteiger partial charge in [0.15, 0.2) is 0 Å². The molecule has 0 spiro atoms. The summed E-state index contributed by atoms with van der Waals surface area (Å²) in [7, 11) is 1.72. The van der Waals surface area contributed by atoms with Gasteiger partial charge in [0.1, 0.15) is 5.54 Å². The molecule has 2 aliphatic rings. The molecule has 1 aliphatic carbocycles. The summed E-state index contributed by atoms with van der Waals surface area (Å²) in [5.74, 6) is -0.956. The molecule has 1 unspecified atom stereocenters. The number of nitrogens with zero attached hydrogens (tertiary/aromatic N) is 2. The van der Waals surface area contributed by atoms with Gasteiger partial charge in [-0.2, -0.15) is 0 Å². The molecule has 9 heteroatoms. The van der Waals surface area contributed by atoms with Crippen LogP contribution in [0.25, 0.3) is 0 Å². The second-order valence-corrected chi connectivity index (χ2v) is 7.11. The molecular weight excluding hydrogens is 340 g/mol. The molecule has 1 aliphatic heterocycles. The SMILES string of the molecule is CCNC(=O)NC1(C(=O)N2CCOC(CN(C)CC(=O)O)C2)CCCC1. The number of nitrogens with one attached hydrogen (secondary N) is 2. The largest absolute Gasteiger partial charge is 0.480 e. The normalized spacial score (nSPS) is 22.3. The number of aliphatic carboxylic acids is 1. The van der Waals surface area contributed by atoms with Crippen LogP contribution in [0.5, 0.6) is 0 Å². The average molecular weight is 370 g/mol. The standard InChI is InChI=1S/C17H30N4O5/c1-3-18-16(25)19-17(6-4-5-7-17)15(24)21-8-9-26-13(11-21)10-20(2)12-14(22)23/h13H,3-12H2,1-2H3,(H,22,23)(H2,18,19,25). The Balaban J connectivity index is 1.99. The van der Waals surface area contributed by atoms with Gasteiger partial charge >= 0.3 is 12.0 Å². The highest BCUT2D eigenvalue weighted by Gasteiger charge is 2.45. The fourth-order valence-corrected chi connectivity index (χ4v) is 3.75. The first-order chi connectivity index (χ1) is 12.4. The summed E-state index contributed by atoms with van der Waals surface area (Å²) in [5, 5.41) is 14.5. The number of ether oxygens (including phenoxy) is 1. The van der Waals surface area contributed by atoms with E-state index >= 15 is 0 Å². The van der Waals surface area contributed by atoms with E-state index in [9.17, 15) is 14.4 Å². The highest BCUT2D eigenvalue weighted by atomic mass is 16.5. The Kier molecular flexibility index (Phi) is 7.22. The van der Waals surface area contributed by atoms with Crippen LogP contribution < -0.4 is 10.6 Å². The Hall–Kier alpha value is -1.87. The van der Waals surface area contributed by atoms with Gasteiger partial charge in [-0.15, -0.1) is 0 Å². The van der Waals surface area contributed by atoms with Gasteiger partial charge in [-0.05, 0) is 26.8 Å². The molecule has 1 atom stereocenters. The van der Waals surface area contributed by atoms with Crippen LogP contribution in [-0.2, 0) is 14.3 Å². The minimum atomic E-state index is -0.896. The second-order valence-electron chi connectivity index (χ2n) is 7.11. The predicted octanol–water partition coefficient (Wildman–Crippen LogP) is -0.138. The molecule has 148 valence electrons. The fraction of sp³-hybridized carbons (Fsp3) is 0.824. The van der Waals surface area contributed by atoms with Gasteiger partial charge in [0.05, 0.1) is 19.3 Å². The van der Waals surface area contributed by atoms with E-state index in [0.29, 0.717) is 45.6 Å². The van der Waals surface area contributed by atoms with Crippen LogP contribution >= 0.6 is 0 Å². The molecule has 2 fully saturated rings. The number of likely N-dealkylation sites (N-methyl/N-ethyl adjacent to an activating group) is 1. The Morgan fingerprint density at radius 2 is 2.00 bits per heavy atom. The van der Waals surface area contributed by atoms with E-state index in [2.05, 4.69) is 10.6 Å². The predicted molar refractivity (Wildman–Crippen MR) is 94.9 cm³/mol. The Morgan fingerprint density at radius 1 is 1.31 bits per heavy atom. The van der Waals surface area contributed by atoms with Gasteiger partial charge in [-0.3, -0.25) is 14.5 Å². The first-order valence-corrected chi connectivity index (χ1v) is 9.23. The van der Waals surface area contributed by atoms with Gasteiger partial charge in [0, 0.05) is 26.2 Å². The smallest absolute Gasteiger partial charge is 0.317 e. The molecule has 1 heterocycles. The molecule has 1 saturated heterocycles. The minimum Gasteiger partial charge on any atom is -0.480 e. The third-order valence-corrected chi connectivity index (χ3v) is 4.90. The van der Waals surface area contributed by atoms with Crippen LogP contribution in [0.4, 0.5) is 4.79 Å². The molecule has 9 nitrogen and oxygen atoms in total. The lowest BCUT2D eigenvalue weighted by Crippen LogP contribution is -2.62. The van der Waals surface area contributed by atoms with Crippen molar-refractivity contribution in [2.75, 3.05) is 46.4 Å². The summed E-state index contributed by atoms with van der Waals surface area (Å²) in [6.07, 6.45) is 2.87. The zero-order chi connectivity index (χ0) is 19.2. The van der Waals surface area contributed by atoms with Crippen LogP contribution in [0.15, 0.2) is 0 Å². The van der Waals surface area contributed by atoms with Crippen molar-refractivity contribution in [2.24, 2.45) is 0 Å². The molecule has 26 heavy (non-hydrogen) atoms. The number of carboxylic acids is 1. The maximum atomic E-state index is 13.2. The Bertz CT molecular complexity index is 521. The van der Waals surface area contributed by atoms with Crippen molar-refractivity contribution in [1.82, 2.24) is 20.4 Å². The second kappa shape index (κ2) is 9.18. The number of amides is 3. The van der Waals surface area contributed by atoms with E-state index in [1.165, 1.54) is 0 Å². The summed E-state index contributed by atoms with van der Waals surface area (Å²) >= 11 is 0. The molecule has 3 amide bonds. The highest BCUT2D eigenvalue weighted by Crippen LogP contribution is 2.32. The third-order valence-electron chi connectivity index (χ3n) is 4.90. The van der Waals surface area contributed by atoms with Crippen molar-refractivity contribution in [2.45, 2.75) is 44.2 Å². The van der Waals surface area contributed by atoms with Crippen LogP contribution in [0.1, 0.15) is 32.6 Å². The van der Waals surface area contributed by atoms with Crippen molar-refractivity contribution < 1.29 is 24.2 Å². The number of morpholine rings is 1. The number of carbonyl (C=O) groups is 3. The summed E-state index contributed by atoms with van der Waals surface area (Å²) in [6, 6.07) is -0.311. The van der Waals surface area contributed by atoms with Crippen LogP contribution in [-0.4, -0.2) is 90.8 Å². The monoisotopic (exact) mass is 370 g/mol. The molecule has 0 aromatic carbocycles. The maximum absolute atomic E-state index is 13.2. The lowest BCUT2D eigenvalue weighted by molar-refractivity contribution is -0.147. The van der Waals surface area contributed by atoms with Crippen LogP contribution in [0.2, 0.25) is 0 Å². The quantitative estimate of drug-likeness (QED) is 0.575. The van der Waals surface area contributed by atoms with Crippen molar-refractivity contribution in [3.63, 3.8) is 0 Å². The van der Waals surface area contributed by atoms with Crippen molar-refractivity contribution in [3.8, 4) is 0 Å². The average Bonchev–Trinajstić information content (AvgIpc) is 3.03. The minimum absolute atomic E-state index is 0.0598. The van der Waals surface area contributed by atoms with E-state index in [1.54, 1.807) is 16.8 Å². The molecule has 1 saturated carbocycles. The number of hydrogen-bond donors (Lipinski definition) is 3. The van der Waals surface area contributed by atoms with Crippen molar-refractivity contribution >= 4 is 17.9 Å². The summed E-state index contributed by atoms with van der Waals surface area (Å²) in [6.45, 7) is 4.00. The van der Waals surface area contributed by atoms with Gasteiger partial charge < -0.3 is 25.4 Å². The van der Waals surface area contributed by atoms with Gasteiger partial charge in [-0.1, -0.05) is 12.8 Å². The fourth-order valence-electron chi connectivity index (χ4n) is 3.75. The zero-order valence-corrected chi connectivity index (χ0v) is 15.6. The first kappa shape index (κ1) is 20.4. The maximum Gasteiger partial charge on any atom is 0.317 e. The summed E-state index contributed by atoms with van der Waals surface area (Å²) < 4.78 is 5.70. The van der Waals surface area contributed by atoms with Crippen molar-refractivity contribution in [3.05, 3.63) is 0 Å². The number of hydrogen-bond acceptors (Lipinski definition) is 5. The van der Waals surface area contributed by atoms with Crippen LogP contribution in [0, 0.1) is 0 Å². The molecule has 2 rings (SSSR count). The Labute approximate surface area is 154 Å². The first-order valence-electron chi connectivity index (χ1n) is 9.23.